The Morgan fingerprint density at radius 3 is 2.50 bits per heavy atom. The van der Waals surface area contributed by atoms with Crippen LogP contribution in [0.3, 0.4) is 0 Å². The summed E-state index contributed by atoms with van der Waals surface area (Å²) in [6.45, 7) is 4.16. The van der Waals surface area contributed by atoms with E-state index in [2.05, 4.69) is 13.8 Å². The molecule has 0 aliphatic carbocycles. The van der Waals surface area contributed by atoms with E-state index in [4.69, 9.17) is 4.74 Å². The molecule has 0 amide bonds. The molecule has 0 aromatic heterocycles. The summed E-state index contributed by atoms with van der Waals surface area (Å²) in [5, 5.41) is 0. The highest BCUT2D eigenvalue weighted by Gasteiger charge is 2.47. The summed E-state index contributed by atoms with van der Waals surface area (Å²) >= 11 is 0. The largest absolute Gasteiger partial charge is 0.367 e. The van der Waals surface area contributed by atoms with Crippen LogP contribution in [0.1, 0.15) is 25.8 Å². The molecule has 0 N–H and O–H groups in total. The van der Waals surface area contributed by atoms with Gasteiger partial charge in [0.2, 0.25) is 0 Å². The van der Waals surface area contributed by atoms with Crippen LogP contribution in [0.2, 0.25) is 0 Å². The van der Waals surface area contributed by atoms with Crippen LogP contribution in [0.15, 0.2) is 30.3 Å². The predicted octanol–water partition coefficient (Wildman–Crippen LogP) is 2.50. The van der Waals surface area contributed by atoms with Gasteiger partial charge in [-0.2, -0.15) is 0 Å². The second-order valence-corrected chi connectivity index (χ2v) is 6.35. The maximum absolute atomic E-state index is 11.8. The second-order valence-electron chi connectivity index (χ2n) is 4.77. The third-order valence-electron chi connectivity index (χ3n) is 2.94. The van der Waals surface area contributed by atoms with Gasteiger partial charge in [-0.3, -0.25) is 4.21 Å². The highest BCUT2D eigenvalue weighted by atomic mass is 32.2. The molecule has 1 heterocycles. The van der Waals surface area contributed by atoms with Crippen molar-refractivity contribution in [3.8, 4) is 0 Å². The number of benzene rings is 1. The van der Waals surface area contributed by atoms with E-state index in [0.29, 0.717) is 11.9 Å². The van der Waals surface area contributed by atoms with E-state index in [-0.39, 0.29) is 5.60 Å². The van der Waals surface area contributed by atoms with Crippen molar-refractivity contribution in [2.45, 2.75) is 37.7 Å². The zero-order valence-electron chi connectivity index (χ0n) is 9.81. The summed E-state index contributed by atoms with van der Waals surface area (Å²) in [5.41, 5.74) is 1.17. The van der Waals surface area contributed by atoms with Gasteiger partial charge in [0.1, 0.15) is 0 Å². The lowest BCUT2D eigenvalue weighted by atomic mass is 10.1. The Morgan fingerprint density at radius 2 is 1.94 bits per heavy atom. The molecule has 1 aromatic rings. The average Bonchev–Trinajstić information content (AvgIpc) is 2.85. The minimum Gasteiger partial charge on any atom is -0.367 e. The van der Waals surface area contributed by atoms with Crippen LogP contribution in [0.25, 0.3) is 0 Å². The van der Waals surface area contributed by atoms with Crippen molar-refractivity contribution in [1.82, 2.24) is 0 Å². The maximum Gasteiger partial charge on any atom is 0.0892 e. The smallest absolute Gasteiger partial charge is 0.0892 e. The van der Waals surface area contributed by atoms with Gasteiger partial charge in [0.15, 0.2) is 0 Å². The van der Waals surface area contributed by atoms with Crippen molar-refractivity contribution >= 4 is 10.8 Å². The molecule has 0 spiro atoms. The van der Waals surface area contributed by atoms with E-state index in [1.807, 2.05) is 30.3 Å². The first kappa shape index (κ1) is 11.8. The first-order chi connectivity index (χ1) is 7.58. The number of ether oxygens (including phenoxy) is 1. The zero-order chi connectivity index (χ0) is 11.6. The Labute approximate surface area is 99.5 Å². The van der Waals surface area contributed by atoms with E-state index in [9.17, 15) is 4.21 Å². The molecule has 1 fully saturated rings. The Bertz CT molecular complexity index is 373. The molecule has 0 bridgehead atoms. The lowest BCUT2D eigenvalue weighted by molar-refractivity contribution is 0.322. The molecular formula is C13H18O2S. The minimum absolute atomic E-state index is 0.0247. The van der Waals surface area contributed by atoms with Crippen LogP contribution in [-0.2, 0) is 21.3 Å². The third-order valence-corrected chi connectivity index (χ3v) is 4.29. The summed E-state index contributed by atoms with van der Waals surface area (Å²) in [6, 6.07) is 10.00. The van der Waals surface area contributed by atoms with E-state index in [1.165, 1.54) is 0 Å². The summed E-state index contributed by atoms with van der Waals surface area (Å²) in [7, 11) is -0.765. The quantitative estimate of drug-likeness (QED) is 0.738. The van der Waals surface area contributed by atoms with Gasteiger partial charge in [-0.25, -0.2) is 0 Å². The topological polar surface area (TPSA) is 29.6 Å². The molecule has 2 nitrogen and oxygen atoms in total. The Balaban J connectivity index is 1.73. The van der Waals surface area contributed by atoms with Crippen LogP contribution in [0, 0.1) is 0 Å². The third kappa shape index (κ3) is 3.16. The molecule has 1 aromatic carbocycles. The molecule has 1 saturated heterocycles. The molecular weight excluding hydrogens is 220 g/mol. The van der Waals surface area contributed by atoms with Crippen LogP contribution in [0.4, 0.5) is 0 Å². The van der Waals surface area contributed by atoms with Crippen LogP contribution in [-0.4, -0.2) is 21.7 Å². The lowest BCUT2D eigenvalue weighted by Gasteiger charge is -2.01. The van der Waals surface area contributed by atoms with Gasteiger partial charge in [-0.15, -0.1) is 0 Å². The fourth-order valence-corrected chi connectivity index (χ4v) is 3.00. The van der Waals surface area contributed by atoms with Crippen molar-refractivity contribution in [3.63, 3.8) is 0 Å². The first-order valence-electron chi connectivity index (χ1n) is 5.65. The number of hydrogen-bond donors (Lipinski definition) is 0. The van der Waals surface area contributed by atoms with Crippen molar-refractivity contribution < 1.29 is 8.95 Å². The summed E-state index contributed by atoms with van der Waals surface area (Å²) in [5.74, 6) is 1.40. The molecule has 0 saturated carbocycles. The number of rotatable bonds is 5. The van der Waals surface area contributed by atoms with Gasteiger partial charge in [0.25, 0.3) is 0 Å². The summed E-state index contributed by atoms with van der Waals surface area (Å²) in [4.78, 5) is 0. The molecule has 16 heavy (non-hydrogen) atoms. The Kier molecular flexibility index (Phi) is 3.45. The molecule has 3 heteroatoms. The van der Waals surface area contributed by atoms with Gasteiger partial charge in [0, 0.05) is 22.3 Å². The normalized spacial score (nSPS) is 24.0. The summed E-state index contributed by atoms with van der Waals surface area (Å²) < 4.78 is 17.3. The van der Waals surface area contributed by atoms with Crippen molar-refractivity contribution in [2.24, 2.45) is 0 Å². The summed E-state index contributed by atoms with van der Waals surface area (Å²) in [6.07, 6.45) is 1.22. The van der Waals surface area contributed by atoms with Crippen LogP contribution in [0.5, 0.6) is 0 Å². The van der Waals surface area contributed by atoms with E-state index in [1.54, 1.807) is 0 Å². The van der Waals surface area contributed by atoms with Crippen molar-refractivity contribution in [3.05, 3.63) is 35.9 Å². The molecule has 1 aliphatic heterocycles. The molecule has 1 unspecified atom stereocenters. The highest BCUT2D eigenvalue weighted by molar-refractivity contribution is 7.84. The maximum atomic E-state index is 11.8. The zero-order valence-corrected chi connectivity index (χ0v) is 10.6. The van der Waals surface area contributed by atoms with E-state index in [0.717, 1.165) is 17.7 Å². The van der Waals surface area contributed by atoms with Gasteiger partial charge in [-0.05, 0) is 25.8 Å². The van der Waals surface area contributed by atoms with Gasteiger partial charge < -0.3 is 4.74 Å². The van der Waals surface area contributed by atoms with E-state index < -0.39 is 10.8 Å². The minimum atomic E-state index is -0.765. The SMILES string of the molecule is CC1(C)O[C@H]1CCS(=O)Cc1ccccc1. The highest BCUT2D eigenvalue weighted by Crippen LogP contribution is 2.37. The molecule has 2 rings (SSSR count). The molecule has 88 valence electrons. The van der Waals surface area contributed by atoms with Crippen LogP contribution >= 0.6 is 0 Å². The Morgan fingerprint density at radius 1 is 1.31 bits per heavy atom. The van der Waals surface area contributed by atoms with Gasteiger partial charge in [-0.1, -0.05) is 30.3 Å². The molecule has 1 aliphatic rings. The lowest BCUT2D eigenvalue weighted by Crippen LogP contribution is -2.08. The van der Waals surface area contributed by atoms with Gasteiger partial charge in [0.05, 0.1) is 11.7 Å². The molecule has 0 radical (unpaired) electrons. The first-order valence-corrected chi connectivity index (χ1v) is 7.13. The number of epoxide rings is 1. The predicted molar refractivity (Wildman–Crippen MR) is 66.7 cm³/mol. The number of hydrogen-bond acceptors (Lipinski definition) is 2. The van der Waals surface area contributed by atoms with Gasteiger partial charge >= 0.3 is 0 Å². The monoisotopic (exact) mass is 238 g/mol. The fourth-order valence-electron chi connectivity index (χ4n) is 1.81. The standard InChI is InChI=1S/C13H18O2S/c1-13(2)12(15-13)8-9-16(14)10-11-6-4-3-5-7-11/h3-7,12H,8-10H2,1-2H3/t12-,16?/m0/s1. The average molecular weight is 238 g/mol. The fraction of sp³-hybridized carbons (Fsp3) is 0.538. The van der Waals surface area contributed by atoms with Crippen molar-refractivity contribution in [2.75, 3.05) is 5.75 Å². The molecule has 2 atom stereocenters. The Hall–Kier alpha value is -0.670. The van der Waals surface area contributed by atoms with Crippen LogP contribution < -0.4 is 0 Å². The second kappa shape index (κ2) is 4.68. The van der Waals surface area contributed by atoms with Crippen molar-refractivity contribution in [1.29, 1.82) is 0 Å². The van der Waals surface area contributed by atoms with E-state index >= 15 is 0 Å².